The van der Waals surface area contributed by atoms with Crippen LogP contribution in [0.4, 0.5) is 27.6 Å². The Hall–Kier alpha value is -3.88. The summed E-state index contributed by atoms with van der Waals surface area (Å²) in [7, 11) is 0. The van der Waals surface area contributed by atoms with Gasteiger partial charge in [0.1, 0.15) is 27.6 Å². The summed E-state index contributed by atoms with van der Waals surface area (Å²) in [5.74, 6) is -1.76. The zero-order valence-electron chi connectivity index (χ0n) is 20.6. The number of pyridine rings is 1. The lowest BCUT2D eigenvalue weighted by molar-refractivity contribution is -0.140. The van der Waals surface area contributed by atoms with Gasteiger partial charge in [0.2, 0.25) is 5.91 Å². The van der Waals surface area contributed by atoms with E-state index >= 15 is 0 Å². The van der Waals surface area contributed by atoms with Crippen molar-refractivity contribution in [3.63, 3.8) is 0 Å². The van der Waals surface area contributed by atoms with Crippen LogP contribution < -0.4 is 11.1 Å². The van der Waals surface area contributed by atoms with Crippen molar-refractivity contribution >= 4 is 39.1 Å². The number of hydrogen-bond acceptors (Lipinski definition) is 6. The molecule has 3 N–H and O–H groups in total. The van der Waals surface area contributed by atoms with E-state index in [0.717, 1.165) is 23.6 Å². The number of carbonyl (C=O) groups excluding carboxylic acids is 2. The Morgan fingerprint density at radius 3 is 2.49 bits per heavy atom. The minimum atomic E-state index is -4.80. The topological polar surface area (TPSA) is 121 Å². The number of nitrogens with one attached hydrogen (secondary N) is 1. The fourth-order valence-electron chi connectivity index (χ4n) is 4.34. The lowest BCUT2D eigenvalue weighted by Gasteiger charge is -2.12. The Kier molecular flexibility index (Phi) is 6.64. The Morgan fingerprint density at radius 1 is 1.21 bits per heavy atom. The van der Waals surface area contributed by atoms with Crippen LogP contribution in [0.5, 0.6) is 0 Å². The first-order valence-corrected chi connectivity index (χ1v) is 12.7. The molecule has 4 aromatic rings. The number of thiophene rings is 1. The molecule has 1 saturated carbocycles. The number of amides is 2. The predicted octanol–water partition coefficient (Wildman–Crippen LogP) is 5.26. The molecule has 0 unspecified atom stereocenters. The second kappa shape index (κ2) is 9.70. The van der Waals surface area contributed by atoms with Crippen LogP contribution in [0.1, 0.15) is 64.6 Å². The van der Waals surface area contributed by atoms with Gasteiger partial charge >= 0.3 is 6.18 Å². The molecule has 15 heteroatoms. The highest BCUT2D eigenvalue weighted by Gasteiger charge is 2.36. The van der Waals surface area contributed by atoms with Crippen molar-refractivity contribution in [1.29, 1.82) is 0 Å². The van der Waals surface area contributed by atoms with Gasteiger partial charge in [-0.25, -0.2) is 13.8 Å². The highest BCUT2D eigenvalue weighted by molar-refractivity contribution is 7.21. The van der Waals surface area contributed by atoms with Crippen LogP contribution in [0.2, 0.25) is 0 Å². The number of anilines is 1. The highest BCUT2D eigenvalue weighted by atomic mass is 32.1. The molecule has 0 aromatic carbocycles. The number of nitrogens with zero attached hydrogens (tertiary/aromatic N) is 5. The van der Waals surface area contributed by atoms with Crippen LogP contribution in [0.3, 0.4) is 0 Å². The van der Waals surface area contributed by atoms with Gasteiger partial charge in [0.15, 0.2) is 0 Å². The molecule has 9 nitrogen and oxygen atoms in total. The number of hydrogen-bond donors (Lipinski definition) is 2. The maximum absolute atomic E-state index is 13.8. The quantitative estimate of drug-likeness (QED) is 0.282. The van der Waals surface area contributed by atoms with Gasteiger partial charge in [0, 0.05) is 29.6 Å². The van der Waals surface area contributed by atoms with Crippen molar-refractivity contribution in [3.05, 3.63) is 46.0 Å². The van der Waals surface area contributed by atoms with Gasteiger partial charge < -0.3 is 11.1 Å². The molecule has 2 amide bonds. The molecule has 0 bridgehead atoms. The zero-order chi connectivity index (χ0) is 28.2. The summed E-state index contributed by atoms with van der Waals surface area (Å²) < 4.78 is 70.9. The molecule has 0 spiro atoms. The fraction of sp³-hybridized carbons (Fsp3) is 0.375. The van der Waals surface area contributed by atoms with Crippen molar-refractivity contribution in [2.75, 3.05) is 5.32 Å². The normalized spacial score (nSPS) is 13.9. The van der Waals surface area contributed by atoms with E-state index in [1.807, 2.05) is 0 Å². The molecule has 39 heavy (non-hydrogen) atoms. The van der Waals surface area contributed by atoms with Gasteiger partial charge in [0.25, 0.3) is 12.3 Å². The van der Waals surface area contributed by atoms with Crippen molar-refractivity contribution in [2.24, 2.45) is 5.73 Å². The van der Waals surface area contributed by atoms with Crippen LogP contribution in [0, 0.1) is 6.92 Å². The Bertz CT molecular complexity index is 1600. The van der Waals surface area contributed by atoms with Gasteiger partial charge in [-0.1, -0.05) is 0 Å². The fourth-order valence-corrected chi connectivity index (χ4v) is 5.35. The summed E-state index contributed by atoms with van der Waals surface area (Å²) in [4.78, 5) is 28.7. The number of rotatable bonds is 8. The molecule has 5 rings (SSSR count). The summed E-state index contributed by atoms with van der Waals surface area (Å²) in [6, 6.07) is 2.09. The zero-order valence-corrected chi connectivity index (χ0v) is 21.5. The van der Waals surface area contributed by atoms with Crippen LogP contribution >= 0.6 is 11.3 Å². The first-order chi connectivity index (χ1) is 18.4. The first-order valence-electron chi connectivity index (χ1n) is 11.9. The second-order valence-electron chi connectivity index (χ2n) is 9.16. The SMILES string of the molecule is CCn1cc(-c2cc(C(F)(F)F)nc3sc(C(N)=O)c(NC(=O)Cn4nc(C5CC5)cc4C(F)F)c23)c(C)n1. The summed E-state index contributed by atoms with van der Waals surface area (Å²) >= 11 is 0.592. The third kappa shape index (κ3) is 5.10. The molecule has 1 aliphatic rings. The molecule has 0 radical (unpaired) electrons. The number of halogens is 5. The summed E-state index contributed by atoms with van der Waals surface area (Å²) in [5, 5.41) is 11.0. The molecule has 4 heterocycles. The van der Waals surface area contributed by atoms with E-state index in [2.05, 4.69) is 20.5 Å². The van der Waals surface area contributed by atoms with Gasteiger partial charge in [-0.2, -0.15) is 23.4 Å². The lowest BCUT2D eigenvalue weighted by atomic mass is 10.0. The standard InChI is InChI=1S/C24H22F5N7O2S/c1-3-35-8-13(10(2)33-35)12-6-16(24(27,28)29)31-23-18(12)19(20(39-23)22(30)38)32-17(37)9-36-15(21(25)26)7-14(34-36)11-4-5-11/h6-8,11,21H,3-5,9H2,1-2H3,(H2,30,38)(H,32,37). The third-order valence-corrected chi connectivity index (χ3v) is 7.44. The predicted molar refractivity (Wildman–Crippen MR) is 133 cm³/mol. The van der Waals surface area contributed by atoms with Crippen LogP contribution in [-0.2, 0) is 24.1 Å². The van der Waals surface area contributed by atoms with Crippen molar-refractivity contribution in [1.82, 2.24) is 24.5 Å². The van der Waals surface area contributed by atoms with E-state index in [1.54, 1.807) is 20.0 Å². The second-order valence-corrected chi connectivity index (χ2v) is 10.2. The van der Waals surface area contributed by atoms with E-state index in [-0.39, 0.29) is 32.3 Å². The van der Waals surface area contributed by atoms with Crippen LogP contribution in [0.15, 0.2) is 18.3 Å². The molecule has 1 fully saturated rings. The van der Waals surface area contributed by atoms with Gasteiger partial charge in [-0.15, -0.1) is 11.3 Å². The molecular weight excluding hydrogens is 545 g/mol. The maximum atomic E-state index is 13.8. The monoisotopic (exact) mass is 567 g/mol. The summed E-state index contributed by atoms with van der Waals surface area (Å²) in [5.41, 5.74) is 4.98. The Labute approximate surface area is 221 Å². The number of aromatic nitrogens is 5. The molecule has 206 valence electrons. The number of nitrogens with two attached hydrogens (primary N) is 1. The molecule has 1 aliphatic carbocycles. The molecule has 4 aromatic heterocycles. The van der Waals surface area contributed by atoms with E-state index in [4.69, 9.17) is 5.73 Å². The number of carbonyl (C=O) groups is 2. The molecular formula is C24H22F5N7O2S. The molecule has 0 aliphatic heterocycles. The van der Waals surface area contributed by atoms with Gasteiger partial charge in [0.05, 0.1) is 17.1 Å². The van der Waals surface area contributed by atoms with Gasteiger partial charge in [-0.3, -0.25) is 19.0 Å². The number of aryl methyl sites for hydroxylation is 2. The van der Waals surface area contributed by atoms with E-state index in [1.165, 1.54) is 10.7 Å². The number of primary amides is 1. The lowest BCUT2D eigenvalue weighted by Crippen LogP contribution is -2.22. The Balaban J connectivity index is 1.63. The van der Waals surface area contributed by atoms with E-state index < -0.39 is 42.3 Å². The summed E-state index contributed by atoms with van der Waals surface area (Å²) in [6.45, 7) is 3.25. The number of fused-ring (bicyclic) bond motifs is 1. The van der Waals surface area contributed by atoms with Gasteiger partial charge in [-0.05, 0) is 44.4 Å². The first kappa shape index (κ1) is 26.7. The summed E-state index contributed by atoms with van der Waals surface area (Å²) in [6.07, 6.45) is -4.49. The largest absolute Gasteiger partial charge is 0.433 e. The Morgan fingerprint density at radius 2 is 1.92 bits per heavy atom. The van der Waals surface area contributed by atoms with Crippen molar-refractivity contribution < 1.29 is 31.5 Å². The minimum Gasteiger partial charge on any atom is -0.365 e. The highest BCUT2D eigenvalue weighted by Crippen LogP contribution is 2.44. The van der Waals surface area contributed by atoms with Crippen LogP contribution in [-0.4, -0.2) is 36.4 Å². The average Bonchev–Trinajstić information content (AvgIpc) is 3.35. The average molecular weight is 568 g/mol. The van der Waals surface area contributed by atoms with E-state index in [9.17, 15) is 31.5 Å². The third-order valence-electron chi connectivity index (χ3n) is 6.34. The molecule has 0 atom stereocenters. The minimum absolute atomic E-state index is 0.0342. The smallest absolute Gasteiger partial charge is 0.365 e. The van der Waals surface area contributed by atoms with Crippen LogP contribution in [0.25, 0.3) is 21.3 Å². The van der Waals surface area contributed by atoms with Crippen molar-refractivity contribution in [3.8, 4) is 11.1 Å². The van der Waals surface area contributed by atoms with E-state index in [0.29, 0.717) is 34.8 Å². The molecule has 0 saturated heterocycles. The number of alkyl halides is 5. The maximum Gasteiger partial charge on any atom is 0.433 e. The van der Waals surface area contributed by atoms with Crippen molar-refractivity contribution in [2.45, 2.75) is 58.3 Å².